The van der Waals surface area contributed by atoms with Crippen LogP contribution in [0, 0.1) is 0 Å². The standard InChI is InChI=1S/C18H23N3O.H2/c1-3-12-21(4-2)17-9-7-15(8-10-17)13-20-18(22)16-6-5-11-19-14-16;/h5-11,14H,3-4,12-13H2,1-2H3,(H,20,22);1H. The molecule has 1 N–H and O–H groups in total. The van der Waals surface area contributed by atoms with Crippen molar-refractivity contribution in [2.24, 2.45) is 0 Å². The van der Waals surface area contributed by atoms with Crippen LogP contribution in [0.25, 0.3) is 0 Å². The maximum Gasteiger partial charge on any atom is 0.253 e. The molecule has 0 aliphatic rings. The van der Waals surface area contributed by atoms with Crippen LogP contribution in [0.5, 0.6) is 0 Å². The lowest BCUT2D eigenvalue weighted by Gasteiger charge is -2.22. The van der Waals surface area contributed by atoms with Gasteiger partial charge in [-0.2, -0.15) is 0 Å². The number of pyridine rings is 1. The summed E-state index contributed by atoms with van der Waals surface area (Å²) in [5.41, 5.74) is 2.90. The fourth-order valence-electron chi connectivity index (χ4n) is 2.35. The monoisotopic (exact) mass is 299 g/mol. The van der Waals surface area contributed by atoms with Crippen molar-refractivity contribution in [2.75, 3.05) is 18.0 Å². The van der Waals surface area contributed by atoms with Gasteiger partial charge in [0, 0.05) is 39.1 Å². The predicted octanol–water partition coefficient (Wildman–Crippen LogP) is 3.49. The number of carbonyl (C=O) groups excluding carboxylic acids is 1. The van der Waals surface area contributed by atoms with Gasteiger partial charge >= 0.3 is 0 Å². The van der Waals surface area contributed by atoms with Gasteiger partial charge in [-0.25, -0.2) is 0 Å². The molecular formula is C18H25N3O. The summed E-state index contributed by atoms with van der Waals surface area (Å²) in [7, 11) is 0. The predicted molar refractivity (Wildman–Crippen MR) is 92.1 cm³/mol. The second kappa shape index (κ2) is 8.17. The van der Waals surface area contributed by atoms with Gasteiger partial charge in [-0.05, 0) is 43.2 Å². The lowest BCUT2D eigenvalue weighted by atomic mass is 10.2. The van der Waals surface area contributed by atoms with Gasteiger partial charge in [-0.1, -0.05) is 19.1 Å². The Morgan fingerprint density at radius 2 is 2.00 bits per heavy atom. The molecule has 0 atom stereocenters. The van der Waals surface area contributed by atoms with Crippen molar-refractivity contribution in [3.8, 4) is 0 Å². The molecule has 1 amide bonds. The van der Waals surface area contributed by atoms with E-state index in [9.17, 15) is 4.79 Å². The van der Waals surface area contributed by atoms with Gasteiger partial charge in [0.25, 0.3) is 5.91 Å². The molecule has 4 nitrogen and oxygen atoms in total. The first-order valence-corrected chi connectivity index (χ1v) is 7.76. The summed E-state index contributed by atoms with van der Waals surface area (Å²) >= 11 is 0. The van der Waals surface area contributed by atoms with E-state index in [0.29, 0.717) is 12.1 Å². The maximum absolute atomic E-state index is 12.0. The maximum atomic E-state index is 12.0. The molecular weight excluding hydrogens is 274 g/mol. The van der Waals surface area contributed by atoms with E-state index in [2.05, 4.69) is 53.3 Å². The van der Waals surface area contributed by atoms with Gasteiger partial charge < -0.3 is 10.2 Å². The van der Waals surface area contributed by atoms with Gasteiger partial charge in [0.1, 0.15) is 0 Å². The largest absolute Gasteiger partial charge is 0.372 e. The Morgan fingerprint density at radius 3 is 2.59 bits per heavy atom. The Morgan fingerprint density at radius 1 is 1.23 bits per heavy atom. The second-order valence-electron chi connectivity index (χ2n) is 5.17. The molecule has 118 valence electrons. The normalized spacial score (nSPS) is 10.3. The average molecular weight is 299 g/mol. The van der Waals surface area contributed by atoms with E-state index < -0.39 is 0 Å². The Bertz CT molecular complexity index is 587. The van der Waals surface area contributed by atoms with Crippen molar-refractivity contribution in [1.82, 2.24) is 10.3 Å². The van der Waals surface area contributed by atoms with E-state index in [0.717, 1.165) is 25.1 Å². The minimum atomic E-state index is -0.0988. The number of benzene rings is 1. The molecule has 1 heterocycles. The molecule has 0 radical (unpaired) electrons. The van der Waals surface area contributed by atoms with Crippen LogP contribution in [0.15, 0.2) is 48.8 Å². The van der Waals surface area contributed by atoms with E-state index in [4.69, 9.17) is 0 Å². The molecule has 2 rings (SSSR count). The number of carbonyl (C=O) groups is 1. The van der Waals surface area contributed by atoms with Crippen LogP contribution >= 0.6 is 0 Å². The highest BCUT2D eigenvalue weighted by Crippen LogP contribution is 2.15. The fraction of sp³-hybridized carbons (Fsp3) is 0.333. The summed E-state index contributed by atoms with van der Waals surface area (Å²) in [6, 6.07) is 11.9. The zero-order chi connectivity index (χ0) is 15.8. The minimum Gasteiger partial charge on any atom is -0.372 e. The van der Waals surface area contributed by atoms with E-state index in [1.807, 2.05) is 0 Å². The van der Waals surface area contributed by atoms with Crippen molar-refractivity contribution in [3.63, 3.8) is 0 Å². The first-order chi connectivity index (χ1) is 10.7. The van der Waals surface area contributed by atoms with E-state index in [-0.39, 0.29) is 7.33 Å². The first kappa shape index (κ1) is 16.0. The molecule has 0 aliphatic carbocycles. The SMILES string of the molecule is CCCN(CC)c1ccc(CNC(=O)c2cccnc2)cc1.[HH]. The molecule has 0 aliphatic heterocycles. The molecule has 0 unspecified atom stereocenters. The Balaban J connectivity index is 0.00000264. The molecule has 0 fully saturated rings. The van der Waals surface area contributed by atoms with Gasteiger partial charge in [-0.3, -0.25) is 9.78 Å². The molecule has 0 spiro atoms. The molecule has 22 heavy (non-hydrogen) atoms. The summed E-state index contributed by atoms with van der Waals surface area (Å²) in [4.78, 5) is 18.3. The van der Waals surface area contributed by atoms with E-state index in [1.54, 1.807) is 24.5 Å². The Kier molecular flexibility index (Phi) is 5.95. The highest BCUT2D eigenvalue weighted by atomic mass is 16.1. The van der Waals surface area contributed by atoms with Crippen molar-refractivity contribution >= 4 is 11.6 Å². The summed E-state index contributed by atoms with van der Waals surface area (Å²) in [5, 5.41) is 2.91. The number of hydrogen-bond acceptors (Lipinski definition) is 3. The van der Waals surface area contributed by atoms with Crippen LogP contribution in [0.2, 0.25) is 0 Å². The zero-order valence-electron chi connectivity index (χ0n) is 13.2. The lowest BCUT2D eigenvalue weighted by Crippen LogP contribution is -2.24. The quantitative estimate of drug-likeness (QED) is 0.851. The Hall–Kier alpha value is -2.36. The van der Waals surface area contributed by atoms with Crippen LogP contribution in [0.1, 0.15) is 37.6 Å². The van der Waals surface area contributed by atoms with Crippen molar-refractivity contribution in [2.45, 2.75) is 26.8 Å². The smallest absolute Gasteiger partial charge is 0.253 e. The molecule has 0 bridgehead atoms. The number of aromatic nitrogens is 1. The number of amides is 1. The van der Waals surface area contributed by atoms with Crippen LogP contribution in [-0.2, 0) is 6.54 Å². The third-order valence-electron chi connectivity index (χ3n) is 3.55. The first-order valence-electron chi connectivity index (χ1n) is 7.76. The van der Waals surface area contributed by atoms with Crippen molar-refractivity contribution < 1.29 is 6.22 Å². The number of hydrogen-bond donors (Lipinski definition) is 1. The van der Waals surface area contributed by atoms with Gasteiger partial charge in [-0.15, -0.1) is 0 Å². The number of rotatable bonds is 7. The average Bonchev–Trinajstić information content (AvgIpc) is 2.59. The minimum absolute atomic E-state index is 0. The third-order valence-corrected chi connectivity index (χ3v) is 3.55. The zero-order valence-corrected chi connectivity index (χ0v) is 13.2. The topological polar surface area (TPSA) is 45.2 Å². The highest BCUT2D eigenvalue weighted by molar-refractivity contribution is 5.93. The number of nitrogens with zero attached hydrogens (tertiary/aromatic N) is 2. The fourth-order valence-corrected chi connectivity index (χ4v) is 2.35. The summed E-state index contributed by atoms with van der Waals surface area (Å²) < 4.78 is 0. The molecule has 0 saturated carbocycles. The van der Waals surface area contributed by atoms with Crippen molar-refractivity contribution in [3.05, 3.63) is 59.9 Å². The van der Waals surface area contributed by atoms with Gasteiger partial charge in [0.05, 0.1) is 5.56 Å². The van der Waals surface area contributed by atoms with E-state index in [1.165, 1.54) is 5.69 Å². The summed E-state index contributed by atoms with van der Waals surface area (Å²) in [6.45, 7) is 6.94. The molecule has 1 aromatic carbocycles. The molecule has 0 saturated heterocycles. The second-order valence-corrected chi connectivity index (χ2v) is 5.17. The van der Waals surface area contributed by atoms with Crippen molar-refractivity contribution in [1.29, 1.82) is 0 Å². The highest BCUT2D eigenvalue weighted by Gasteiger charge is 2.06. The van der Waals surface area contributed by atoms with Gasteiger partial charge in [0.15, 0.2) is 0 Å². The molecule has 2 aromatic rings. The van der Waals surface area contributed by atoms with Crippen LogP contribution in [0.3, 0.4) is 0 Å². The molecule has 4 heteroatoms. The molecule has 1 aromatic heterocycles. The third kappa shape index (κ3) is 4.32. The van der Waals surface area contributed by atoms with E-state index >= 15 is 0 Å². The van der Waals surface area contributed by atoms with Crippen LogP contribution < -0.4 is 10.2 Å². The van der Waals surface area contributed by atoms with Crippen LogP contribution in [0.4, 0.5) is 5.69 Å². The summed E-state index contributed by atoms with van der Waals surface area (Å²) in [5.74, 6) is -0.0988. The van der Waals surface area contributed by atoms with Crippen LogP contribution in [-0.4, -0.2) is 24.0 Å². The lowest BCUT2D eigenvalue weighted by molar-refractivity contribution is 0.0950. The summed E-state index contributed by atoms with van der Waals surface area (Å²) in [6.07, 6.45) is 4.37. The van der Waals surface area contributed by atoms with Gasteiger partial charge in [0.2, 0.25) is 0 Å². The Labute approximate surface area is 133 Å². The number of anilines is 1. The number of nitrogens with one attached hydrogen (secondary N) is 1.